The maximum atomic E-state index is 3.57. The van der Waals surface area contributed by atoms with E-state index in [0.717, 1.165) is 6.04 Å². The molecule has 3 nitrogen and oxygen atoms in total. The van der Waals surface area contributed by atoms with E-state index < -0.39 is 0 Å². The molecule has 82 valence electrons. The molecule has 2 rings (SSSR count). The molecule has 14 heavy (non-hydrogen) atoms. The number of likely N-dealkylation sites (N-methyl/N-ethyl adjacent to an activating group) is 1. The van der Waals surface area contributed by atoms with Crippen LogP contribution in [-0.4, -0.2) is 61.7 Å². The fraction of sp³-hybridized carbons (Fsp3) is 1.00. The van der Waals surface area contributed by atoms with Crippen LogP contribution < -0.4 is 5.32 Å². The Bertz CT molecular complexity index is 158. The lowest BCUT2D eigenvalue weighted by atomic mass is 10.2. The Kier molecular flexibility index (Phi) is 3.79. The smallest absolute Gasteiger partial charge is 0.0195 e. The number of hydrogen-bond acceptors (Lipinski definition) is 3. The Balaban J connectivity index is 1.67. The van der Waals surface area contributed by atoms with Gasteiger partial charge in [-0.25, -0.2) is 0 Å². The SMILES string of the molecule is CCN1CCN(C[C@H]2CCCN2)CC1. The van der Waals surface area contributed by atoms with Crippen LogP contribution in [0.2, 0.25) is 0 Å². The molecule has 3 heteroatoms. The maximum absolute atomic E-state index is 3.57. The van der Waals surface area contributed by atoms with Crippen LogP contribution in [0.4, 0.5) is 0 Å². The normalized spacial score (nSPS) is 31.1. The van der Waals surface area contributed by atoms with E-state index >= 15 is 0 Å². The van der Waals surface area contributed by atoms with E-state index in [9.17, 15) is 0 Å². The lowest BCUT2D eigenvalue weighted by Crippen LogP contribution is -2.49. The van der Waals surface area contributed by atoms with Gasteiger partial charge in [0.25, 0.3) is 0 Å². The van der Waals surface area contributed by atoms with Crippen molar-refractivity contribution in [3.05, 3.63) is 0 Å². The molecule has 0 spiro atoms. The first-order valence-corrected chi connectivity index (χ1v) is 6.06. The van der Waals surface area contributed by atoms with Crippen LogP contribution in [0.25, 0.3) is 0 Å². The van der Waals surface area contributed by atoms with Gasteiger partial charge in [-0.15, -0.1) is 0 Å². The summed E-state index contributed by atoms with van der Waals surface area (Å²) in [6, 6.07) is 0.781. The van der Waals surface area contributed by atoms with Crippen LogP contribution in [0.15, 0.2) is 0 Å². The molecule has 0 aromatic carbocycles. The van der Waals surface area contributed by atoms with Crippen molar-refractivity contribution in [1.29, 1.82) is 0 Å². The molecule has 2 saturated heterocycles. The molecule has 1 N–H and O–H groups in total. The summed E-state index contributed by atoms with van der Waals surface area (Å²) < 4.78 is 0. The Hall–Kier alpha value is -0.120. The summed E-state index contributed by atoms with van der Waals surface area (Å²) in [5, 5.41) is 3.57. The number of rotatable bonds is 3. The fourth-order valence-corrected chi connectivity index (χ4v) is 2.51. The monoisotopic (exact) mass is 197 g/mol. The second-order valence-corrected chi connectivity index (χ2v) is 4.53. The van der Waals surface area contributed by atoms with Gasteiger partial charge >= 0.3 is 0 Å². The summed E-state index contributed by atoms with van der Waals surface area (Å²) in [4.78, 5) is 5.16. The van der Waals surface area contributed by atoms with E-state index in [2.05, 4.69) is 22.0 Å². The molecular weight excluding hydrogens is 174 g/mol. The van der Waals surface area contributed by atoms with Crippen molar-refractivity contribution in [1.82, 2.24) is 15.1 Å². The van der Waals surface area contributed by atoms with Gasteiger partial charge in [-0.1, -0.05) is 6.92 Å². The third kappa shape index (κ3) is 2.69. The van der Waals surface area contributed by atoms with Crippen LogP contribution in [0.5, 0.6) is 0 Å². The summed E-state index contributed by atoms with van der Waals surface area (Å²) >= 11 is 0. The van der Waals surface area contributed by atoms with Gasteiger partial charge in [-0.3, -0.25) is 4.90 Å². The van der Waals surface area contributed by atoms with Crippen LogP contribution in [-0.2, 0) is 0 Å². The molecule has 2 heterocycles. The number of piperazine rings is 1. The molecule has 0 amide bonds. The second kappa shape index (κ2) is 5.10. The molecule has 0 aromatic rings. The zero-order chi connectivity index (χ0) is 9.80. The Morgan fingerprint density at radius 3 is 2.43 bits per heavy atom. The molecule has 0 aliphatic carbocycles. The van der Waals surface area contributed by atoms with E-state index in [4.69, 9.17) is 0 Å². The van der Waals surface area contributed by atoms with Crippen molar-refractivity contribution in [3.63, 3.8) is 0 Å². The van der Waals surface area contributed by atoms with Crippen LogP contribution in [0.3, 0.4) is 0 Å². The minimum Gasteiger partial charge on any atom is -0.313 e. The molecule has 0 unspecified atom stereocenters. The van der Waals surface area contributed by atoms with E-state index in [-0.39, 0.29) is 0 Å². The van der Waals surface area contributed by atoms with Gasteiger partial charge in [0, 0.05) is 38.8 Å². The summed E-state index contributed by atoms with van der Waals surface area (Å²) in [6.07, 6.45) is 2.76. The molecule has 0 saturated carbocycles. The van der Waals surface area contributed by atoms with Gasteiger partial charge in [0.1, 0.15) is 0 Å². The van der Waals surface area contributed by atoms with E-state index in [1.54, 1.807) is 0 Å². The third-order valence-electron chi connectivity index (χ3n) is 3.55. The average Bonchev–Trinajstić information content (AvgIpc) is 2.72. The predicted molar refractivity (Wildman–Crippen MR) is 59.6 cm³/mol. The molecule has 0 bridgehead atoms. The first-order valence-electron chi connectivity index (χ1n) is 6.06. The van der Waals surface area contributed by atoms with Crippen LogP contribution >= 0.6 is 0 Å². The Morgan fingerprint density at radius 2 is 1.86 bits per heavy atom. The first kappa shape index (κ1) is 10.4. The highest BCUT2D eigenvalue weighted by atomic mass is 15.3. The van der Waals surface area contributed by atoms with Gasteiger partial charge in [0.2, 0.25) is 0 Å². The number of nitrogens with one attached hydrogen (secondary N) is 1. The van der Waals surface area contributed by atoms with Crippen molar-refractivity contribution in [2.75, 3.05) is 45.8 Å². The Morgan fingerprint density at radius 1 is 1.14 bits per heavy atom. The molecular formula is C11H23N3. The van der Waals surface area contributed by atoms with Gasteiger partial charge in [0.15, 0.2) is 0 Å². The third-order valence-corrected chi connectivity index (χ3v) is 3.55. The number of hydrogen-bond donors (Lipinski definition) is 1. The van der Waals surface area contributed by atoms with E-state index in [0.29, 0.717) is 0 Å². The standard InChI is InChI=1S/C11H23N3/c1-2-13-6-8-14(9-7-13)10-11-4-3-5-12-11/h11-12H,2-10H2,1H3/t11-/m1/s1. The zero-order valence-corrected chi connectivity index (χ0v) is 9.34. The largest absolute Gasteiger partial charge is 0.313 e. The van der Waals surface area contributed by atoms with Gasteiger partial charge in [0.05, 0.1) is 0 Å². The van der Waals surface area contributed by atoms with Crippen LogP contribution in [0.1, 0.15) is 19.8 Å². The minimum absolute atomic E-state index is 0.781. The second-order valence-electron chi connectivity index (χ2n) is 4.53. The summed E-state index contributed by atoms with van der Waals surface area (Å²) in [5.74, 6) is 0. The van der Waals surface area contributed by atoms with Crippen molar-refractivity contribution in [2.24, 2.45) is 0 Å². The molecule has 0 aromatic heterocycles. The van der Waals surface area contributed by atoms with Gasteiger partial charge < -0.3 is 10.2 Å². The van der Waals surface area contributed by atoms with Crippen LogP contribution in [0, 0.1) is 0 Å². The minimum atomic E-state index is 0.781. The summed E-state index contributed by atoms with van der Waals surface area (Å²) in [7, 11) is 0. The molecule has 1 atom stereocenters. The maximum Gasteiger partial charge on any atom is 0.0195 e. The van der Waals surface area contributed by atoms with Crippen molar-refractivity contribution in [2.45, 2.75) is 25.8 Å². The van der Waals surface area contributed by atoms with Crippen molar-refractivity contribution >= 4 is 0 Å². The highest BCUT2D eigenvalue weighted by molar-refractivity contribution is 4.80. The average molecular weight is 197 g/mol. The fourth-order valence-electron chi connectivity index (χ4n) is 2.51. The number of nitrogens with zero attached hydrogens (tertiary/aromatic N) is 2. The highest BCUT2D eigenvalue weighted by Crippen LogP contribution is 2.08. The summed E-state index contributed by atoms with van der Waals surface area (Å²) in [5.41, 5.74) is 0. The van der Waals surface area contributed by atoms with Crippen molar-refractivity contribution < 1.29 is 0 Å². The lowest BCUT2D eigenvalue weighted by Gasteiger charge is -2.35. The predicted octanol–water partition coefficient (Wildman–Crippen LogP) is 0.376. The van der Waals surface area contributed by atoms with Gasteiger partial charge in [-0.05, 0) is 25.9 Å². The summed E-state index contributed by atoms with van der Waals surface area (Å²) in [6.45, 7) is 11.1. The van der Waals surface area contributed by atoms with E-state index in [1.165, 1.54) is 58.7 Å². The quantitative estimate of drug-likeness (QED) is 0.705. The van der Waals surface area contributed by atoms with Crippen molar-refractivity contribution in [3.8, 4) is 0 Å². The topological polar surface area (TPSA) is 18.5 Å². The molecule has 0 radical (unpaired) electrons. The van der Waals surface area contributed by atoms with Gasteiger partial charge in [-0.2, -0.15) is 0 Å². The van der Waals surface area contributed by atoms with E-state index in [1.807, 2.05) is 0 Å². The molecule has 2 aliphatic heterocycles. The molecule has 2 aliphatic rings. The lowest BCUT2D eigenvalue weighted by molar-refractivity contribution is 0.129. The zero-order valence-electron chi connectivity index (χ0n) is 9.34. The highest BCUT2D eigenvalue weighted by Gasteiger charge is 2.20. The molecule has 2 fully saturated rings. The Labute approximate surface area is 87.4 Å². The first-order chi connectivity index (χ1) is 6.88.